The molecule has 0 spiro atoms. The summed E-state index contributed by atoms with van der Waals surface area (Å²) in [5.41, 5.74) is -0.523. The fraction of sp³-hybridized carbons (Fsp3) is 0.375. The van der Waals surface area contributed by atoms with Gasteiger partial charge < -0.3 is 14.3 Å². The molecule has 0 aliphatic heterocycles. The van der Waals surface area contributed by atoms with Gasteiger partial charge in [0.15, 0.2) is 0 Å². The minimum atomic E-state index is -0.798. The number of methoxy groups -OCH3 is 1. The standard InChI is InChI=1S/C8H10O4/c1-5(9)7-3-6(11-2)4-8(10)12-7/h3-5,9H,1-2H3. The van der Waals surface area contributed by atoms with Crippen LogP contribution in [0, 0.1) is 0 Å². The first kappa shape index (κ1) is 8.80. The lowest BCUT2D eigenvalue weighted by molar-refractivity contribution is 0.163. The summed E-state index contributed by atoms with van der Waals surface area (Å²) in [7, 11) is 1.45. The van der Waals surface area contributed by atoms with E-state index in [1.165, 1.54) is 26.2 Å². The Morgan fingerprint density at radius 2 is 2.25 bits per heavy atom. The predicted molar refractivity (Wildman–Crippen MR) is 42.2 cm³/mol. The number of hydrogen-bond donors (Lipinski definition) is 1. The molecule has 1 aromatic heterocycles. The van der Waals surface area contributed by atoms with E-state index in [0.29, 0.717) is 5.75 Å². The quantitative estimate of drug-likeness (QED) is 0.709. The van der Waals surface area contributed by atoms with Crippen LogP contribution in [0.4, 0.5) is 0 Å². The van der Waals surface area contributed by atoms with Crippen molar-refractivity contribution in [2.45, 2.75) is 13.0 Å². The lowest BCUT2D eigenvalue weighted by atomic mass is 10.3. The topological polar surface area (TPSA) is 59.7 Å². The highest BCUT2D eigenvalue weighted by Crippen LogP contribution is 2.15. The van der Waals surface area contributed by atoms with Gasteiger partial charge >= 0.3 is 5.63 Å². The average molecular weight is 170 g/mol. The Kier molecular flexibility index (Phi) is 2.50. The van der Waals surface area contributed by atoms with E-state index < -0.39 is 11.7 Å². The van der Waals surface area contributed by atoms with Crippen molar-refractivity contribution in [3.63, 3.8) is 0 Å². The first-order valence-corrected chi connectivity index (χ1v) is 3.50. The number of aliphatic hydroxyl groups excluding tert-OH is 1. The van der Waals surface area contributed by atoms with Crippen LogP contribution in [-0.2, 0) is 0 Å². The summed E-state index contributed by atoms with van der Waals surface area (Å²) in [6, 6.07) is 2.69. The molecule has 0 aromatic carbocycles. The fourth-order valence-corrected chi connectivity index (χ4v) is 0.797. The smallest absolute Gasteiger partial charge is 0.339 e. The lowest BCUT2D eigenvalue weighted by Crippen LogP contribution is -2.03. The van der Waals surface area contributed by atoms with Crippen molar-refractivity contribution in [2.24, 2.45) is 0 Å². The van der Waals surface area contributed by atoms with Gasteiger partial charge in [0.1, 0.15) is 17.6 Å². The molecule has 1 rings (SSSR count). The van der Waals surface area contributed by atoms with Crippen molar-refractivity contribution in [3.05, 3.63) is 28.3 Å². The SMILES string of the molecule is COc1cc(C(C)O)oc(=O)c1. The lowest BCUT2D eigenvalue weighted by Gasteiger charge is -2.03. The Bertz CT molecular complexity index is 313. The summed E-state index contributed by atoms with van der Waals surface area (Å²) in [6.07, 6.45) is -0.798. The average Bonchev–Trinajstić information content (AvgIpc) is 2.03. The molecule has 4 heteroatoms. The van der Waals surface area contributed by atoms with Crippen molar-refractivity contribution in [1.29, 1.82) is 0 Å². The maximum absolute atomic E-state index is 10.8. The van der Waals surface area contributed by atoms with E-state index in [9.17, 15) is 4.79 Å². The van der Waals surface area contributed by atoms with Crippen LogP contribution in [0.3, 0.4) is 0 Å². The van der Waals surface area contributed by atoms with Crippen LogP contribution in [0.15, 0.2) is 21.3 Å². The molecule has 0 aliphatic rings. The van der Waals surface area contributed by atoms with Crippen LogP contribution in [0.25, 0.3) is 0 Å². The van der Waals surface area contributed by atoms with Crippen molar-refractivity contribution >= 4 is 0 Å². The second-order valence-electron chi connectivity index (χ2n) is 2.39. The van der Waals surface area contributed by atoms with Gasteiger partial charge in [-0.05, 0) is 6.92 Å². The summed E-state index contributed by atoms with van der Waals surface area (Å²) in [5, 5.41) is 9.08. The van der Waals surface area contributed by atoms with Crippen LogP contribution in [0.5, 0.6) is 5.75 Å². The van der Waals surface area contributed by atoms with Crippen molar-refractivity contribution < 1.29 is 14.3 Å². The van der Waals surface area contributed by atoms with Crippen LogP contribution < -0.4 is 10.4 Å². The van der Waals surface area contributed by atoms with E-state index in [1.807, 2.05) is 0 Å². The molecule has 1 aromatic rings. The molecule has 1 heterocycles. The summed E-state index contributed by atoms with van der Waals surface area (Å²) in [5.74, 6) is 0.599. The van der Waals surface area contributed by atoms with E-state index in [1.54, 1.807) is 0 Å². The number of rotatable bonds is 2. The number of aliphatic hydroxyl groups is 1. The molecule has 1 unspecified atom stereocenters. The summed E-state index contributed by atoms with van der Waals surface area (Å²) < 4.78 is 9.51. The zero-order valence-corrected chi connectivity index (χ0v) is 6.90. The Labute approximate surface area is 69.4 Å². The maximum atomic E-state index is 10.8. The largest absolute Gasteiger partial charge is 0.496 e. The third-order valence-corrected chi connectivity index (χ3v) is 1.41. The Morgan fingerprint density at radius 1 is 1.58 bits per heavy atom. The van der Waals surface area contributed by atoms with Crippen LogP contribution >= 0.6 is 0 Å². The van der Waals surface area contributed by atoms with E-state index >= 15 is 0 Å². The summed E-state index contributed by atoms with van der Waals surface area (Å²) in [6.45, 7) is 1.51. The van der Waals surface area contributed by atoms with E-state index in [-0.39, 0.29) is 5.76 Å². The normalized spacial score (nSPS) is 12.6. The van der Waals surface area contributed by atoms with E-state index in [4.69, 9.17) is 14.3 Å². The molecule has 0 saturated carbocycles. The number of hydrogen-bond acceptors (Lipinski definition) is 4. The van der Waals surface area contributed by atoms with E-state index in [2.05, 4.69) is 0 Å². The molecule has 0 bridgehead atoms. The maximum Gasteiger partial charge on any atom is 0.339 e. The first-order valence-electron chi connectivity index (χ1n) is 3.50. The fourth-order valence-electron chi connectivity index (χ4n) is 0.797. The molecular weight excluding hydrogens is 160 g/mol. The van der Waals surface area contributed by atoms with Gasteiger partial charge in [0.05, 0.1) is 13.2 Å². The van der Waals surface area contributed by atoms with E-state index in [0.717, 1.165) is 0 Å². The van der Waals surface area contributed by atoms with Gasteiger partial charge in [-0.1, -0.05) is 0 Å². The second-order valence-corrected chi connectivity index (χ2v) is 2.39. The molecule has 1 atom stereocenters. The summed E-state index contributed by atoms with van der Waals surface area (Å²) >= 11 is 0. The number of ether oxygens (including phenoxy) is 1. The van der Waals surface area contributed by atoms with Crippen LogP contribution in [-0.4, -0.2) is 12.2 Å². The third kappa shape index (κ3) is 1.85. The summed E-state index contributed by atoms with van der Waals surface area (Å²) in [4.78, 5) is 10.8. The highest BCUT2D eigenvalue weighted by atomic mass is 16.5. The van der Waals surface area contributed by atoms with Gasteiger partial charge in [0.25, 0.3) is 0 Å². The Morgan fingerprint density at radius 3 is 2.75 bits per heavy atom. The first-order chi connectivity index (χ1) is 5.63. The Hall–Kier alpha value is -1.29. The van der Waals surface area contributed by atoms with Crippen molar-refractivity contribution in [2.75, 3.05) is 7.11 Å². The second kappa shape index (κ2) is 3.40. The zero-order valence-electron chi connectivity index (χ0n) is 6.90. The third-order valence-electron chi connectivity index (χ3n) is 1.41. The zero-order chi connectivity index (χ0) is 9.14. The molecule has 66 valence electrons. The molecule has 1 N–H and O–H groups in total. The Balaban J connectivity index is 3.15. The highest BCUT2D eigenvalue weighted by molar-refractivity contribution is 5.21. The monoisotopic (exact) mass is 170 g/mol. The molecule has 0 aliphatic carbocycles. The molecule has 0 fully saturated rings. The molecule has 0 radical (unpaired) electrons. The molecule has 12 heavy (non-hydrogen) atoms. The van der Waals surface area contributed by atoms with Crippen molar-refractivity contribution in [3.8, 4) is 5.75 Å². The van der Waals surface area contributed by atoms with Crippen molar-refractivity contribution in [1.82, 2.24) is 0 Å². The minimum Gasteiger partial charge on any atom is -0.496 e. The van der Waals surface area contributed by atoms with Gasteiger partial charge in [-0.2, -0.15) is 0 Å². The molecular formula is C8H10O4. The van der Waals surface area contributed by atoms with Gasteiger partial charge in [-0.15, -0.1) is 0 Å². The molecule has 0 amide bonds. The molecule has 0 saturated heterocycles. The highest BCUT2D eigenvalue weighted by Gasteiger charge is 2.06. The van der Waals surface area contributed by atoms with Gasteiger partial charge in [0, 0.05) is 6.07 Å². The van der Waals surface area contributed by atoms with Crippen LogP contribution in [0.1, 0.15) is 18.8 Å². The minimum absolute atomic E-state index is 0.208. The van der Waals surface area contributed by atoms with Gasteiger partial charge in [-0.3, -0.25) is 0 Å². The predicted octanol–water partition coefficient (Wildman–Crippen LogP) is 0.702. The van der Waals surface area contributed by atoms with Crippen LogP contribution in [0.2, 0.25) is 0 Å². The van der Waals surface area contributed by atoms with Gasteiger partial charge in [0.2, 0.25) is 0 Å². The van der Waals surface area contributed by atoms with Gasteiger partial charge in [-0.25, -0.2) is 4.79 Å². The molecule has 4 nitrogen and oxygen atoms in total.